The third kappa shape index (κ3) is 7.82. The van der Waals surface area contributed by atoms with Crippen molar-refractivity contribution in [2.45, 2.75) is 33.6 Å². The summed E-state index contributed by atoms with van der Waals surface area (Å²) >= 11 is 0. The first-order chi connectivity index (χ1) is 18.6. The molecule has 0 aliphatic rings. The van der Waals surface area contributed by atoms with Crippen LogP contribution in [0.4, 0.5) is 23.3 Å². The SMILES string of the molecule is CCCCOc1ccc(Nc2nc(NN=C(C)c3ccncc3)cc(NN=C(C)c3ccncc3)n2)cc1. The number of hydrogen-bond acceptors (Lipinski definition) is 10. The summed E-state index contributed by atoms with van der Waals surface area (Å²) in [6, 6.07) is 17.0. The average molecular weight is 510 g/mol. The standard InChI is InChI=1S/C28H31N9O/c1-4-5-18-38-25-8-6-24(7-9-25)31-28-32-26(36-34-20(2)22-10-14-29-15-11-22)19-27(33-28)37-35-21(3)23-12-16-30-17-13-23/h6-17,19H,4-5,18H2,1-3H3,(H3,31,32,33,36,37). The van der Waals surface area contributed by atoms with Gasteiger partial charge >= 0.3 is 0 Å². The van der Waals surface area contributed by atoms with Crippen molar-refractivity contribution in [2.75, 3.05) is 22.8 Å². The molecule has 4 rings (SSSR count). The summed E-state index contributed by atoms with van der Waals surface area (Å²) < 4.78 is 5.76. The molecule has 194 valence electrons. The first kappa shape index (κ1) is 26.2. The van der Waals surface area contributed by atoms with Gasteiger partial charge in [0.25, 0.3) is 0 Å². The van der Waals surface area contributed by atoms with Gasteiger partial charge in [-0.25, -0.2) is 0 Å². The lowest BCUT2D eigenvalue weighted by Gasteiger charge is -2.11. The van der Waals surface area contributed by atoms with Gasteiger partial charge in [-0.2, -0.15) is 20.2 Å². The largest absolute Gasteiger partial charge is 0.494 e. The summed E-state index contributed by atoms with van der Waals surface area (Å²) in [6.07, 6.45) is 9.03. The molecule has 0 saturated heterocycles. The summed E-state index contributed by atoms with van der Waals surface area (Å²) in [5, 5.41) is 12.2. The molecule has 1 aromatic carbocycles. The number of ether oxygens (including phenoxy) is 1. The van der Waals surface area contributed by atoms with Crippen molar-refractivity contribution in [1.82, 2.24) is 19.9 Å². The number of aromatic nitrogens is 4. The van der Waals surface area contributed by atoms with Gasteiger partial charge in [-0.05, 0) is 68.8 Å². The lowest BCUT2D eigenvalue weighted by Crippen LogP contribution is -2.07. The second-order valence-electron chi connectivity index (χ2n) is 8.40. The van der Waals surface area contributed by atoms with E-state index in [0.717, 1.165) is 46.8 Å². The van der Waals surface area contributed by atoms with Gasteiger partial charge in [0.15, 0.2) is 11.6 Å². The Morgan fingerprint density at radius 3 is 1.79 bits per heavy atom. The quantitative estimate of drug-likeness (QED) is 0.123. The van der Waals surface area contributed by atoms with Crippen LogP contribution in [0.25, 0.3) is 0 Å². The van der Waals surface area contributed by atoms with E-state index >= 15 is 0 Å². The number of nitrogens with zero attached hydrogens (tertiary/aromatic N) is 6. The Labute approximate surface area is 222 Å². The zero-order valence-electron chi connectivity index (χ0n) is 21.7. The van der Waals surface area contributed by atoms with Gasteiger partial charge in [0.2, 0.25) is 5.95 Å². The molecule has 0 atom stereocenters. The summed E-state index contributed by atoms with van der Waals surface area (Å²) in [7, 11) is 0. The highest BCUT2D eigenvalue weighted by atomic mass is 16.5. The number of rotatable bonds is 12. The number of nitrogens with one attached hydrogen (secondary N) is 3. The van der Waals surface area contributed by atoms with Crippen LogP contribution in [0.5, 0.6) is 5.75 Å². The Morgan fingerprint density at radius 1 is 0.763 bits per heavy atom. The maximum atomic E-state index is 5.76. The Balaban J connectivity index is 1.54. The molecule has 3 N–H and O–H groups in total. The number of pyridine rings is 2. The van der Waals surface area contributed by atoms with E-state index in [-0.39, 0.29) is 0 Å². The van der Waals surface area contributed by atoms with Crippen molar-refractivity contribution >= 4 is 34.7 Å². The molecule has 3 heterocycles. The molecular weight excluding hydrogens is 478 g/mol. The molecular formula is C28H31N9O. The molecule has 0 radical (unpaired) electrons. The molecule has 0 bridgehead atoms. The third-order valence-electron chi connectivity index (χ3n) is 5.48. The van der Waals surface area contributed by atoms with E-state index in [0.29, 0.717) is 24.2 Å². The lowest BCUT2D eigenvalue weighted by molar-refractivity contribution is 0.309. The molecule has 10 nitrogen and oxygen atoms in total. The van der Waals surface area contributed by atoms with Gasteiger partial charge in [-0.3, -0.25) is 20.8 Å². The monoisotopic (exact) mass is 509 g/mol. The van der Waals surface area contributed by atoms with E-state index in [4.69, 9.17) is 4.74 Å². The molecule has 10 heteroatoms. The van der Waals surface area contributed by atoms with Crippen LogP contribution in [0.2, 0.25) is 0 Å². The predicted molar refractivity (Wildman–Crippen MR) is 152 cm³/mol. The molecule has 0 aliphatic carbocycles. The summed E-state index contributed by atoms with van der Waals surface area (Å²) in [5.74, 6) is 2.19. The predicted octanol–water partition coefficient (Wildman–Crippen LogP) is 5.86. The van der Waals surface area contributed by atoms with Crippen LogP contribution in [0.15, 0.2) is 89.6 Å². The lowest BCUT2D eigenvalue weighted by atomic mass is 10.2. The molecule has 4 aromatic rings. The average Bonchev–Trinajstić information content (AvgIpc) is 2.96. The second kappa shape index (κ2) is 13.4. The number of hydrazone groups is 2. The van der Waals surface area contributed by atoms with E-state index in [1.54, 1.807) is 30.9 Å². The van der Waals surface area contributed by atoms with Gasteiger partial charge in [-0.15, -0.1) is 0 Å². The Hall–Kier alpha value is -4.86. The van der Waals surface area contributed by atoms with Gasteiger partial charge in [0.05, 0.1) is 18.0 Å². The van der Waals surface area contributed by atoms with Crippen molar-refractivity contribution < 1.29 is 4.74 Å². The maximum Gasteiger partial charge on any atom is 0.231 e. The van der Waals surface area contributed by atoms with Crippen LogP contribution < -0.4 is 20.9 Å². The second-order valence-corrected chi connectivity index (χ2v) is 8.40. The number of hydrogen-bond donors (Lipinski definition) is 3. The normalized spacial score (nSPS) is 11.7. The smallest absolute Gasteiger partial charge is 0.231 e. The molecule has 0 aliphatic heterocycles. The van der Waals surface area contributed by atoms with Crippen molar-refractivity contribution in [3.05, 3.63) is 90.5 Å². The zero-order valence-corrected chi connectivity index (χ0v) is 21.7. The minimum Gasteiger partial charge on any atom is -0.494 e. The van der Waals surface area contributed by atoms with Crippen molar-refractivity contribution in [3.63, 3.8) is 0 Å². The van der Waals surface area contributed by atoms with E-state index < -0.39 is 0 Å². The fourth-order valence-electron chi connectivity index (χ4n) is 3.31. The van der Waals surface area contributed by atoms with Gasteiger partial charge in [0, 0.05) is 47.7 Å². The minimum absolute atomic E-state index is 0.380. The fourth-order valence-corrected chi connectivity index (χ4v) is 3.31. The molecule has 0 unspecified atom stereocenters. The molecule has 0 spiro atoms. The van der Waals surface area contributed by atoms with E-state index in [9.17, 15) is 0 Å². The fraction of sp³-hybridized carbons (Fsp3) is 0.214. The first-order valence-electron chi connectivity index (χ1n) is 12.4. The summed E-state index contributed by atoms with van der Waals surface area (Å²) in [4.78, 5) is 17.3. The number of benzene rings is 1. The van der Waals surface area contributed by atoms with Crippen LogP contribution in [0, 0.1) is 0 Å². The Bertz CT molecular complexity index is 1280. The molecule has 38 heavy (non-hydrogen) atoms. The van der Waals surface area contributed by atoms with Gasteiger partial charge < -0.3 is 10.1 Å². The maximum absolute atomic E-state index is 5.76. The summed E-state index contributed by atoms with van der Waals surface area (Å²) in [6.45, 7) is 6.66. The Kier molecular flexibility index (Phi) is 9.28. The van der Waals surface area contributed by atoms with Crippen LogP contribution in [-0.2, 0) is 0 Å². The molecule has 0 amide bonds. The van der Waals surface area contributed by atoms with Gasteiger partial charge in [-0.1, -0.05) is 13.3 Å². The van der Waals surface area contributed by atoms with E-state index in [1.165, 1.54) is 0 Å². The van der Waals surface area contributed by atoms with E-state index in [1.807, 2.05) is 62.4 Å². The zero-order chi connectivity index (χ0) is 26.6. The molecule has 0 fully saturated rings. The number of unbranched alkanes of at least 4 members (excludes halogenated alkanes) is 1. The van der Waals surface area contributed by atoms with Crippen LogP contribution in [0.3, 0.4) is 0 Å². The van der Waals surface area contributed by atoms with Crippen LogP contribution >= 0.6 is 0 Å². The molecule has 0 saturated carbocycles. The summed E-state index contributed by atoms with van der Waals surface area (Å²) in [5.41, 5.74) is 10.4. The molecule has 3 aromatic heterocycles. The minimum atomic E-state index is 0.380. The Morgan fingerprint density at radius 2 is 1.29 bits per heavy atom. The van der Waals surface area contributed by atoms with Crippen LogP contribution in [0.1, 0.15) is 44.7 Å². The van der Waals surface area contributed by atoms with Gasteiger partial charge in [0.1, 0.15) is 5.75 Å². The highest BCUT2D eigenvalue weighted by Crippen LogP contribution is 2.21. The van der Waals surface area contributed by atoms with Crippen LogP contribution in [-0.4, -0.2) is 38.0 Å². The highest BCUT2D eigenvalue weighted by molar-refractivity contribution is 5.99. The van der Waals surface area contributed by atoms with Crippen molar-refractivity contribution in [3.8, 4) is 5.75 Å². The topological polar surface area (TPSA) is 122 Å². The highest BCUT2D eigenvalue weighted by Gasteiger charge is 2.07. The van der Waals surface area contributed by atoms with E-state index in [2.05, 4.69) is 53.2 Å². The third-order valence-corrected chi connectivity index (χ3v) is 5.48. The van der Waals surface area contributed by atoms with Crippen molar-refractivity contribution in [1.29, 1.82) is 0 Å². The first-order valence-corrected chi connectivity index (χ1v) is 12.4. The van der Waals surface area contributed by atoms with Crippen molar-refractivity contribution in [2.24, 2.45) is 10.2 Å². The number of anilines is 4.